The van der Waals surface area contributed by atoms with Gasteiger partial charge in [-0.1, -0.05) is 11.6 Å². The molecular formula is C22H27ClN4O3. The van der Waals surface area contributed by atoms with Crippen LogP contribution < -0.4 is 5.32 Å². The standard InChI is InChI=1S/C22H27ClN4O3/c23-19-12-25-17(10-21(28)16-3-7-30-8-4-16)9-18(19)20-13-24-14-22(27-20)26-11-15-1-5-29-6-2-15/h9,12-16H,1-8,10-11H2,(H,26,27). The smallest absolute Gasteiger partial charge is 0.145 e. The van der Waals surface area contributed by atoms with Crippen LogP contribution in [0.3, 0.4) is 0 Å². The SMILES string of the molecule is O=C(Cc1cc(-c2cncc(NCC3CCOCC3)n2)c(Cl)cn1)C1CCOCC1. The van der Waals surface area contributed by atoms with Crippen molar-refractivity contribution >= 4 is 23.2 Å². The second-order valence-corrected chi connectivity index (χ2v) is 8.32. The summed E-state index contributed by atoms with van der Waals surface area (Å²) in [6, 6.07) is 1.85. The molecule has 2 aliphatic heterocycles. The fourth-order valence-electron chi connectivity index (χ4n) is 3.90. The monoisotopic (exact) mass is 430 g/mol. The third-order valence-electron chi connectivity index (χ3n) is 5.77. The lowest BCUT2D eigenvalue weighted by atomic mass is 9.92. The average molecular weight is 431 g/mol. The molecule has 0 unspecified atom stereocenters. The zero-order valence-corrected chi connectivity index (χ0v) is 17.7. The minimum atomic E-state index is 0.0529. The maximum atomic E-state index is 12.6. The molecule has 30 heavy (non-hydrogen) atoms. The number of pyridine rings is 1. The highest BCUT2D eigenvalue weighted by atomic mass is 35.5. The first-order valence-corrected chi connectivity index (χ1v) is 11.0. The highest BCUT2D eigenvalue weighted by Crippen LogP contribution is 2.28. The molecule has 2 aliphatic rings. The predicted molar refractivity (Wildman–Crippen MR) is 115 cm³/mol. The molecule has 160 valence electrons. The zero-order chi connectivity index (χ0) is 20.8. The van der Waals surface area contributed by atoms with Gasteiger partial charge in [0.2, 0.25) is 0 Å². The van der Waals surface area contributed by atoms with Crippen LogP contribution in [0.1, 0.15) is 31.4 Å². The normalized spacial score (nSPS) is 18.3. The highest BCUT2D eigenvalue weighted by Gasteiger charge is 2.22. The lowest BCUT2D eigenvalue weighted by molar-refractivity contribution is -0.125. The number of ketones is 1. The molecule has 2 fully saturated rings. The van der Waals surface area contributed by atoms with E-state index in [1.54, 1.807) is 18.6 Å². The summed E-state index contributed by atoms with van der Waals surface area (Å²) in [5, 5.41) is 3.87. The molecule has 2 aromatic rings. The first kappa shape index (κ1) is 21.2. The maximum Gasteiger partial charge on any atom is 0.145 e. The summed E-state index contributed by atoms with van der Waals surface area (Å²) in [6.07, 6.45) is 8.97. The minimum Gasteiger partial charge on any atom is -0.381 e. The molecule has 2 saturated heterocycles. The second kappa shape index (κ2) is 10.3. The first-order chi connectivity index (χ1) is 14.7. The van der Waals surface area contributed by atoms with Gasteiger partial charge < -0.3 is 14.8 Å². The summed E-state index contributed by atoms with van der Waals surface area (Å²) in [4.78, 5) is 26.0. The number of anilines is 1. The number of rotatable bonds is 7. The van der Waals surface area contributed by atoms with Crippen LogP contribution >= 0.6 is 11.6 Å². The van der Waals surface area contributed by atoms with Gasteiger partial charge in [-0.2, -0.15) is 0 Å². The number of hydrogen-bond acceptors (Lipinski definition) is 7. The number of aromatic nitrogens is 3. The van der Waals surface area contributed by atoms with Crippen LogP contribution in [0.15, 0.2) is 24.7 Å². The summed E-state index contributed by atoms with van der Waals surface area (Å²) >= 11 is 6.40. The van der Waals surface area contributed by atoms with Crippen molar-refractivity contribution in [3.05, 3.63) is 35.4 Å². The predicted octanol–water partition coefficient (Wildman–Crippen LogP) is 3.57. The molecule has 1 N–H and O–H groups in total. The van der Waals surface area contributed by atoms with Crippen LogP contribution in [0.25, 0.3) is 11.3 Å². The van der Waals surface area contributed by atoms with Gasteiger partial charge >= 0.3 is 0 Å². The Morgan fingerprint density at radius 3 is 2.57 bits per heavy atom. The van der Waals surface area contributed by atoms with Gasteiger partial charge in [-0.15, -0.1) is 0 Å². The molecule has 0 aliphatic carbocycles. The number of carbonyl (C=O) groups is 1. The van der Waals surface area contributed by atoms with Crippen molar-refractivity contribution in [2.24, 2.45) is 11.8 Å². The molecule has 0 spiro atoms. The largest absolute Gasteiger partial charge is 0.381 e. The van der Waals surface area contributed by atoms with Crippen molar-refractivity contribution in [3.63, 3.8) is 0 Å². The summed E-state index contributed by atoms with van der Waals surface area (Å²) < 4.78 is 10.8. The summed E-state index contributed by atoms with van der Waals surface area (Å²) in [7, 11) is 0. The molecule has 0 radical (unpaired) electrons. The third-order valence-corrected chi connectivity index (χ3v) is 6.07. The molecular weight excluding hydrogens is 404 g/mol. The van der Waals surface area contributed by atoms with Gasteiger partial charge in [-0.3, -0.25) is 14.8 Å². The number of Topliss-reactive ketones (excluding diaryl/α,β-unsaturated/α-hetero) is 1. The summed E-state index contributed by atoms with van der Waals surface area (Å²) in [6.45, 7) is 3.79. The molecule has 8 heteroatoms. The Balaban J connectivity index is 1.45. The fraction of sp³-hybridized carbons (Fsp3) is 0.545. The van der Waals surface area contributed by atoms with Crippen molar-refractivity contribution in [3.8, 4) is 11.3 Å². The van der Waals surface area contributed by atoms with E-state index in [-0.39, 0.29) is 11.7 Å². The lowest BCUT2D eigenvalue weighted by Gasteiger charge is -2.22. The third kappa shape index (κ3) is 5.53. The van der Waals surface area contributed by atoms with Gasteiger partial charge in [-0.05, 0) is 37.7 Å². The fourth-order valence-corrected chi connectivity index (χ4v) is 4.10. The first-order valence-electron chi connectivity index (χ1n) is 10.6. The van der Waals surface area contributed by atoms with Gasteiger partial charge in [0.15, 0.2) is 0 Å². The van der Waals surface area contributed by atoms with Crippen molar-refractivity contribution in [1.82, 2.24) is 15.0 Å². The topological polar surface area (TPSA) is 86.2 Å². The van der Waals surface area contributed by atoms with E-state index in [1.807, 2.05) is 6.07 Å². The number of nitrogens with one attached hydrogen (secondary N) is 1. The number of halogens is 1. The number of carbonyl (C=O) groups excluding carboxylic acids is 1. The molecule has 0 amide bonds. The van der Waals surface area contributed by atoms with Crippen molar-refractivity contribution < 1.29 is 14.3 Å². The molecule has 0 bridgehead atoms. The minimum absolute atomic E-state index is 0.0529. The Morgan fingerprint density at radius 2 is 1.80 bits per heavy atom. The van der Waals surface area contributed by atoms with Crippen LogP contribution in [0, 0.1) is 11.8 Å². The Labute approximate surface area is 181 Å². The molecule has 4 heterocycles. The van der Waals surface area contributed by atoms with Crippen LogP contribution in [-0.2, 0) is 20.7 Å². The average Bonchev–Trinajstić information content (AvgIpc) is 2.80. The van der Waals surface area contributed by atoms with Crippen LogP contribution in [0.4, 0.5) is 5.82 Å². The van der Waals surface area contributed by atoms with E-state index in [4.69, 9.17) is 21.1 Å². The second-order valence-electron chi connectivity index (χ2n) is 7.91. The van der Waals surface area contributed by atoms with Crippen LogP contribution in [0.5, 0.6) is 0 Å². The van der Waals surface area contributed by atoms with E-state index >= 15 is 0 Å². The Hall–Kier alpha value is -2.09. The lowest BCUT2D eigenvalue weighted by Crippen LogP contribution is -2.25. The van der Waals surface area contributed by atoms with Gasteiger partial charge in [-0.25, -0.2) is 4.98 Å². The van der Waals surface area contributed by atoms with E-state index in [0.29, 0.717) is 47.8 Å². The summed E-state index contributed by atoms with van der Waals surface area (Å²) in [5.41, 5.74) is 2.11. The van der Waals surface area contributed by atoms with Crippen molar-refractivity contribution in [2.75, 3.05) is 38.3 Å². The van der Waals surface area contributed by atoms with Gasteiger partial charge in [0, 0.05) is 62.8 Å². The van der Waals surface area contributed by atoms with Crippen molar-refractivity contribution in [1.29, 1.82) is 0 Å². The Morgan fingerprint density at radius 1 is 1.07 bits per heavy atom. The van der Waals surface area contributed by atoms with E-state index in [1.165, 1.54) is 0 Å². The number of hydrogen-bond donors (Lipinski definition) is 1. The number of nitrogens with zero attached hydrogens (tertiary/aromatic N) is 3. The van der Waals surface area contributed by atoms with Crippen molar-refractivity contribution in [2.45, 2.75) is 32.1 Å². The van der Waals surface area contributed by atoms with Gasteiger partial charge in [0.05, 0.1) is 23.1 Å². The molecule has 0 atom stereocenters. The zero-order valence-electron chi connectivity index (χ0n) is 17.0. The molecule has 7 nitrogen and oxygen atoms in total. The van der Waals surface area contributed by atoms with E-state index in [2.05, 4.69) is 20.3 Å². The van der Waals surface area contributed by atoms with Gasteiger partial charge in [0.25, 0.3) is 0 Å². The Kier molecular flexibility index (Phi) is 7.25. The quantitative estimate of drug-likeness (QED) is 0.718. The Bertz CT molecular complexity index is 867. The van der Waals surface area contributed by atoms with Crippen LogP contribution in [-0.4, -0.2) is 53.7 Å². The summed E-state index contributed by atoms with van der Waals surface area (Å²) in [5.74, 6) is 1.55. The molecule has 2 aromatic heterocycles. The van der Waals surface area contributed by atoms with E-state index < -0.39 is 0 Å². The number of ether oxygens (including phenoxy) is 2. The van der Waals surface area contributed by atoms with E-state index in [9.17, 15) is 4.79 Å². The molecule has 4 rings (SSSR count). The van der Waals surface area contributed by atoms with Gasteiger partial charge in [0.1, 0.15) is 11.6 Å². The maximum absolute atomic E-state index is 12.6. The van der Waals surface area contributed by atoms with Crippen LogP contribution in [0.2, 0.25) is 5.02 Å². The molecule has 0 saturated carbocycles. The molecule has 0 aromatic carbocycles. The highest BCUT2D eigenvalue weighted by molar-refractivity contribution is 6.33. The van der Waals surface area contributed by atoms with E-state index in [0.717, 1.165) is 51.0 Å².